The predicted octanol–water partition coefficient (Wildman–Crippen LogP) is 1.52. The van der Waals surface area contributed by atoms with E-state index in [2.05, 4.69) is 5.32 Å². The number of nitrogens with one attached hydrogen (secondary N) is 1. The maximum absolute atomic E-state index is 11.9. The number of aryl methyl sites for hydroxylation is 1. The summed E-state index contributed by atoms with van der Waals surface area (Å²) in [5, 5.41) is 3.22. The lowest BCUT2D eigenvalue weighted by Gasteiger charge is -2.06. The highest BCUT2D eigenvalue weighted by Gasteiger charge is 2.21. The number of rotatable bonds is 5. The number of sulfone groups is 1. The van der Waals surface area contributed by atoms with Gasteiger partial charge in [0.1, 0.15) is 0 Å². The van der Waals surface area contributed by atoms with Crippen LogP contribution in [0.1, 0.15) is 18.4 Å². The van der Waals surface area contributed by atoms with Gasteiger partial charge in [0.15, 0.2) is 9.84 Å². The van der Waals surface area contributed by atoms with E-state index in [1.165, 1.54) is 12.8 Å². The van der Waals surface area contributed by atoms with E-state index in [0.29, 0.717) is 17.5 Å². The molecule has 0 saturated heterocycles. The lowest BCUT2D eigenvalue weighted by atomic mass is 10.2. The second kappa shape index (κ2) is 4.55. The molecule has 0 spiro atoms. The van der Waals surface area contributed by atoms with Gasteiger partial charge < -0.3 is 5.32 Å². The molecule has 1 aromatic rings. The minimum atomic E-state index is -3.11. The second-order valence-corrected chi connectivity index (χ2v) is 6.47. The van der Waals surface area contributed by atoms with E-state index in [4.69, 9.17) is 0 Å². The van der Waals surface area contributed by atoms with E-state index in [1.54, 1.807) is 18.2 Å². The molecule has 1 aliphatic rings. The summed E-state index contributed by atoms with van der Waals surface area (Å²) >= 11 is 0. The van der Waals surface area contributed by atoms with Crippen LogP contribution >= 0.6 is 0 Å². The summed E-state index contributed by atoms with van der Waals surface area (Å²) in [6.07, 6.45) is 2.37. The maximum Gasteiger partial charge on any atom is 0.179 e. The van der Waals surface area contributed by atoms with Gasteiger partial charge in [0, 0.05) is 12.6 Å². The fourth-order valence-corrected chi connectivity index (χ4v) is 2.89. The van der Waals surface area contributed by atoms with Crippen molar-refractivity contribution in [3.05, 3.63) is 29.8 Å². The summed E-state index contributed by atoms with van der Waals surface area (Å²) in [7, 11) is -3.11. The zero-order chi connectivity index (χ0) is 11.6. The van der Waals surface area contributed by atoms with E-state index in [0.717, 1.165) is 5.56 Å². The molecule has 0 amide bonds. The van der Waals surface area contributed by atoms with Crippen LogP contribution in [0.3, 0.4) is 0 Å². The van der Waals surface area contributed by atoms with Crippen LogP contribution in [0.2, 0.25) is 0 Å². The predicted molar refractivity (Wildman–Crippen MR) is 64.3 cm³/mol. The number of hydrogen-bond acceptors (Lipinski definition) is 3. The molecule has 16 heavy (non-hydrogen) atoms. The summed E-state index contributed by atoms with van der Waals surface area (Å²) in [6.45, 7) is 2.46. The Morgan fingerprint density at radius 1 is 1.38 bits per heavy atom. The van der Waals surface area contributed by atoms with E-state index in [9.17, 15) is 8.42 Å². The average molecular weight is 239 g/mol. The van der Waals surface area contributed by atoms with Gasteiger partial charge in [-0.1, -0.05) is 12.1 Å². The van der Waals surface area contributed by atoms with Crippen molar-refractivity contribution in [3.63, 3.8) is 0 Å². The maximum atomic E-state index is 11.9. The van der Waals surface area contributed by atoms with E-state index < -0.39 is 9.84 Å². The third-order valence-electron chi connectivity index (χ3n) is 2.73. The molecular weight excluding hydrogens is 222 g/mol. The largest absolute Gasteiger partial charge is 0.313 e. The van der Waals surface area contributed by atoms with Gasteiger partial charge in [-0.15, -0.1) is 0 Å². The summed E-state index contributed by atoms with van der Waals surface area (Å²) in [4.78, 5) is 0.435. The molecule has 1 aliphatic carbocycles. The monoisotopic (exact) mass is 239 g/mol. The SMILES string of the molecule is Cc1cccc(S(=O)(=O)CCNC2CC2)c1. The molecule has 3 nitrogen and oxygen atoms in total. The molecule has 0 aromatic heterocycles. The quantitative estimate of drug-likeness (QED) is 0.847. The Kier molecular flexibility index (Phi) is 3.30. The van der Waals surface area contributed by atoms with Crippen LogP contribution in [0.15, 0.2) is 29.2 Å². The van der Waals surface area contributed by atoms with Gasteiger partial charge in [-0.2, -0.15) is 0 Å². The number of benzene rings is 1. The zero-order valence-electron chi connectivity index (χ0n) is 9.44. The smallest absolute Gasteiger partial charge is 0.179 e. The molecule has 1 aromatic carbocycles. The first-order chi connectivity index (χ1) is 7.58. The topological polar surface area (TPSA) is 46.2 Å². The van der Waals surface area contributed by atoms with Crippen molar-refractivity contribution in [2.45, 2.75) is 30.7 Å². The van der Waals surface area contributed by atoms with Crippen LogP contribution in [0.4, 0.5) is 0 Å². The first kappa shape index (κ1) is 11.6. The lowest BCUT2D eigenvalue weighted by molar-refractivity contribution is 0.590. The van der Waals surface area contributed by atoms with Crippen molar-refractivity contribution in [1.82, 2.24) is 5.32 Å². The molecule has 1 fully saturated rings. The van der Waals surface area contributed by atoms with E-state index in [1.807, 2.05) is 13.0 Å². The summed E-state index contributed by atoms with van der Waals surface area (Å²) in [6, 6.07) is 7.65. The van der Waals surface area contributed by atoms with Gasteiger partial charge in [-0.25, -0.2) is 8.42 Å². The molecule has 1 saturated carbocycles. The average Bonchev–Trinajstić information content (AvgIpc) is 3.01. The Morgan fingerprint density at radius 2 is 2.12 bits per heavy atom. The van der Waals surface area contributed by atoms with Crippen LogP contribution in [0, 0.1) is 6.92 Å². The van der Waals surface area contributed by atoms with Crippen molar-refractivity contribution >= 4 is 9.84 Å². The zero-order valence-corrected chi connectivity index (χ0v) is 10.3. The first-order valence-corrected chi connectivity index (χ1v) is 7.26. The Labute approximate surface area is 96.8 Å². The molecule has 0 aliphatic heterocycles. The summed E-state index contributed by atoms with van der Waals surface area (Å²) in [5.74, 6) is 0.187. The minimum absolute atomic E-state index is 0.187. The standard InChI is InChI=1S/C12H17NO2S/c1-10-3-2-4-12(9-10)16(14,15)8-7-13-11-5-6-11/h2-4,9,11,13H,5-8H2,1H3. The molecule has 0 heterocycles. The highest BCUT2D eigenvalue weighted by molar-refractivity contribution is 7.91. The van der Waals surface area contributed by atoms with Crippen LogP contribution in [0.25, 0.3) is 0 Å². The highest BCUT2D eigenvalue weighted by atomic mass is 32.2. The van der Waals surface area contributed by atoms with Gasteiger partial charge in [0.05, 0.1) is 10.6 Å². The molecule has 0 unspecified atom stereocenters. The van der Waals surface area contributed by atoms with Gasteiger partial charge in [0.25, 0.3) is 0 Å². The highest BCUT2D eigenvalue weighted by Crippen LogP contribution is 2.18. The van der Waals surface area contributed by atoms with Gasteiger partial charge in [0.2, 0.25) is 0 Å². The Bertz CT molecular complexity index is 464. The van der Waals surface area contributed by atoms with Gasteiger partial charge >= 0.3 is 0 Å². The van der Waals surface area contributed by atoms with Crippen LogP contribution in [0.5, 0.6) is 0 Å². The summed E-state index contributed by atoms with van der Waals surface area (Å²) in [5.41, 5.74) is 0.983. The van der Waals surface area contributed by atoms with Crippen molar-refractivity contribution in [1.29, 1.82) is 0 Å². The van der Waals surface area contributed by atoms with Crippen molar-refractivity contribution in [3.8, 4) is 0 Å². The van der Waals surface area contributed by atoms with Crippen molar-refractivity contribution in [2.24, 2.45) is 0 Å². The molecule has 4 heteroatoms. The Hall–Kier alpha value is -0.870. The van der Waals surface area contributed by atoms with Crippen molar-refractivity contribution in [2.75, 3.05) is 12.3 Å². The van der Waals surface area contributed by atoms with Crippen molar-refractivity contribution < 1.29 is 8.42 Å². The molecule has 0 bridgehead atoms. The van der Waals surface area contributed by atoms with E-state index >= 15 is 0 Å². The fourth-order valence-electron chi connectivity index (χ4n) is 1.61. The fraction of sp³-hybridized carbons (Fsp3) is 0.500. The van der Waals surface area contributed by atoms with Gasteiger partial charge in [-0.3, -0.25) is 0 Å². The number of hydrogen-bond donors (Lipinski definition) is 1. The van der Waals surface area contributed by atoms with Crippen LogP contribution in [-0.4, -0.2) is 26.8 Å². The van der Waals surface area contributed by atoms with Gasteiger partial charge in [-0.05, 0) is 37.5 Å². The molecule has 88 valence electrons. The molecular formula is C12H17NO2S. The molecule has 1 N–H and O–H groups in total. The third-order valence-corrected chi connectivity index (χ3v) is 4.44. The third kappa shape index (κ3) is 3.06. The lowest BCUT2D eigenvalue weighted by Crippen LogP contribution is -2.24. The molecule has 2 rings (SSSR count). The minimum Gasteiger partial charge on any atom is -0.313 e. The summed E-state index contributed by atoms with van der Waals surface area (Å²) < 4.78 is 23.9. The normalized spacial score (nSPS) is 16.3. The first-order valence-electron chi connectivity index (χ1n) is 5.61. The molecule has 0 atom stereocenters. The molecule has 0 radical (unpaired) electrons. The van der Waals surface area contributed by atoms with E-state index in [-0.39, 0.29) is 5.75 Å². The Balaban J connectivity index is 1.99. The second-order valence-electron chi connectivity index (χ2n) is 4.36. The Morgan fingerprint density at radius 3 is 2.75 bits per heavy atom. The van der Waals surface area contributed by atoms with Crippen LogP contribution in [-0.2, 0) is 9.84 Å². The van der Waals surface area contributed by atoms with Crippen LogP contribution < -0.4 is 5.32 Å².